The Bertz CT molecular complexity index is 644. The summed E-state index contributed by atoms with van der Waals surface area (Å²) in [6.45, 7) is 1.44. The van der Waals surface area contributed by atoms with Crippen LogP contribution in [0.1, 0.15) is 12.8 Å². The van der Waals surface area contributed by atoms with Crippen LogP contribution in [-0.2, 0) is 19.1 Å². The van der Waals surface area contributed by atoms with Gasteiger partial charge in [0.15, 0.2) is 0 Å². The van der Waals surface area contributed by atoms with Gasteiger partial charge >= 0.3 is 0 Å². The van der Waals surface area contributed by atoms with Gasteiger partial charge in [-0.15, -0.1) is 0 Å². The van der Waals surface area contributed by atoms with Crippen molar-refractivity contribution in [3.63, 3.8) is 0 Å². The van der Waals surface area contributed by atoms with Crippen molar-refractivity contribution in [2.45, 2.75) is 12.8 Å². The molecule has 0 aliphatic carbocycles. The number of hydrogen-bond acceptors (Lipinski definition) is 4. The van der Waals surface area contributed by atoms with Crippen LogP contribution >= 0.6 is 11.6 Å². The number of carbonyl (C=O) groups is 2. The summed E-state index contributed by atoms with van der Waals surface area (Å²) in [4.78, 5) is 25.4. The van der Waals surface area contributed by atoms with Gasteiger partial charge in [-0.25, -0.2) is 0 Å². The molecule has 0 unspecified atom stereocenters. The lowest BCUT2D eigenvalue weighted by Crippen LogP contribution is -2.24. The van der Waals surface area contributed by atoms with Gasteiger partial charge in [-0.3, -0.25) is 9.59 Å². The Morgan fingerprint density at radius 3 is 2.82 bits per heavy atom. The zero-order valence-electron chi connectivity index (χ0n) is 11.8. The number of halogens is 1. The molecule has 2 aliphatic heterocycles. The molecule has 0 bridgehead atoms. The maximum absolute atomic E-state index is 12.0. The molecule has 2 aliphatic rings. The zero-order valence-corrected chi connectivity index (χ0v) is 12.6. The van der Waals surface area contributed by atoms with E-state index in [9.17, 15) is 9.59 Å². The molecular formula is C15H15ClN2O4. The van der Waals surface area contributed by atoms with Crippen molar-refractivity contribution in [2.24, 2.45) is 0 Å². The monoisotopic (exact) mass is 322 g/mol. The predicted molar refractivity (Wildman–Crippen MR) is 81.7 cm³/mol. The molecule has 3 rings (SSSR count). The van der Waals surface area contributed by atoms with Crippen molar-refractivity contribution < 1.29 is 19.1 Å². The smallest absolute Gasteiger partial charge is 0.294 e. The maximum Gasteiger partial charge on any atom is 0.294 e. The number of ether oxygens (including phenoxy) is 2. The molecule has 0 aromatic heterocycles. The average Bonchev–Trinajstić information content (AvgIpc) is 2.94. The SMILES string of the molecule is O=C(Nc1ccc(N2CCCC2=O)c(Cl)c1)C1=COCCO1. The molecule has 2 heterocycles. The van der Waals surface area contributed by atoms with Crippen LogP contribution in [0, 0.1) is 0 Å². The predicted octanol–water partition coefficient (Wildman–Crippen LogP) is 2.29. The third-order valence-corrected chi connectivity index (χ3v) is 3.75. The second kappa shape index (κ2) is 6.27. The number of nitrogens with one attached hydrogen (secondary N) is 1. The second-order valence-electron chi connectivity index (χ2n) is 4.97. The lowest BCUT2D eigenvalue weighted by atomic mass is 10.2. The van der Waals surface area contributed by atoms with E-state index in [4.69, 9.17) is 21.1 Å². The lowest BCUT2D eigenvalue weighted by molar-refractivity contribution is -0.118. The summed E-state index contributed by atoms with van der Waals surface area (Å²) in [5.41, 5.74) is 1.19. The van der Waals surface area contributed by atoms with Gasteiger partial charge in [0.05, 0.1) is 10.7 Å². The van der Waals surface area contributed by atoms with Crippen molar-refractivity contribution >= 4 is 34.8 Å². The number of nitrogens with zero attached hydrogens (tertiary/aromatic N) is 1. The molecule has 116 valence electrons. The standard InChI is InChI=1S/C15H15ClN2O4/c16-11-8-10(17-15(20)13-9-21-6-7-22-13)3-4-12(11)18-5-1-2-14(18)19/h3-4,8-9H,1-2,5-7H2,(H,17,20). The van der Waals surface area contributed by atoms with Crippen LogP contribution in [0.3, 0.4) is 0 Å². The number of anilines is 2. The molecule has 22 heavy (non-hydrogen) atoms. The minimum absolute atomic E-state index is 0.0663. The van der Waals surface area contributed by atoms with Crippen molar-refractivity contribution in [2.75, 3.05) is 30.0 Å². The highest BCUT2D eigenvalue weighted by Crippen LogP contribution is 2.31. The first kappa shape index (κ1) is 14.7. The van der Waals surface area contributed by atoms with Gasteiger partial charge in [0, 0.05) is 18.7 Å². The number of rotatable bonds is 3. The summed E-state index contributed by atoms with van der Waals surface area (Å²) in [7, 11) is 0. The molecule has 0 spiro atoms. The van der Waals surface area contributed by atoms with Gasteiger partial charge < -0.3 is 19.7 Å². The molecule has 6 nitrogen and oxygen atoms in total. The van der Waals surface area contributed by atoms with Gasteiger partial charge in [0.1, 0.15) is 19.5 Å². The summed E-state index contributed by atoms with van der Waals surface area (Å²) in [5.74, 6) is -0.210. The zero-order chi connectivity index (χ0) is 15.5. The Kier molecular flexibility index (Phi) is 4.20. The second-order valence-corrected chi connectivity index (χ2v) is 5.38. The Labute approximate surface area is 132 Å². The molecular weight excluding hydrogens is 308 g/mol. The van der Waals surface area contributed by atoms with Gasteiger partial charge in [-0.2, -0.15) is 0 Å². The first-order valence-corrected chi connectivity index (χ1v) is 7.39. The third-order valence-electron chi connectivity index (χ3n) is 3.44. The fraction of sp³-hybridized carbons (Fsp3) is 0.333. The first-order chi connectivity index (χ1) is 10.6. The van der Waals surface area contributed by atoms with E-state index in [1.54, 1.807) is 23.1 Å². The fourth-order valence-corrected chi connectivity index (χ4v) is 2.67. The van der Waals surface area contributed by atoms with E-state index in [1.807, 2.05) is 0 Å². The Morgan fingerprint density at radius 2 is 2.18 bits per heavy atom. The van der Waals surface area contributed by atoms with E-state index in [0.717, 1.165) is 6.42 Å². The summed E-state index contributed by atoms with van der Waals surface area (Å²) in [5, 5.41) is 3.10. The van der Waals surface area contributed by atoms with Crippen molar-refractivity contribution in [3.8, 4) is 0 Å². The summed E-state index contributed by atoms with van der Waals surface area (Å²) >= 11 is 6.23. The minimum atomic E-state index is -0.402. The van der Waals surface area contributed by atoms with E-state index >= 15 is 0 Å². The molecule has 0 saturated carbocycles. The van der Waals surface area contributed by atoms with Crippen LogP contribution in [0.25, 0.3) is 0 Å². The third kappa shape index (κ3) is 3.01. The van der Waals surface area contributed by atoms with E-state index < -0.39 is 5.91 Å². The van der Waals surface area contributed by atoms with Crippen LogP contribution in [0.5, 0.6) is 0 Å². The Balaban J connectivity index is 1.73. The summed E-state index contributed by atoms with van der Waals surface area (Å²) in [6, 6.07) is 5.05. The maximum atomic E-state index is 12.0. The normalized spacial score (nSPS) is 17.6. The first-order valence-electron chi connectivity index (χ1n) is 7.01. The molecule has 0 radical (unpaired) electrons. The molecule has 1 fully saturated rings. The fourth-order valence-electron chi connectivity index (χ4n) is 2.39. The summed E-state index contributed by atoms with van der Waals surface area (Å²) in [6.07, 6.45) is 2.66. The minimum Gasteiger partial charge on any atom is -0.494 e. The number of carbonyl (C=O) groups excluding carboxylic acids is 2. The van der Waals surface area contributed by atoms with Gasteiger partial charge in [0.25, 0.3) is 5.91 Å². The van der Waals surface area contributed by atoms with E-state index in [2.05, 4.69) is 5.32 Å². The van der Waals surface area contributed by atoms with E-state index in [0.29, 0.717) is 42.6 Å². The Morgan fingerprint density at radius 1 is 1.32 bits per heavy atom. The highest BCUT2D eigenvalue weighted by molar-refractivity contribution is 6.34. The molecule has 1 saturated heterocycles. The number of hydrogen-bond donors (Lipinski definition) is 1. The molecule has 1 aromatic rings. The molecule has 1 N–H and O–H groups in total. The highest BCUT2D eigenvalue weighted by atomic mass is 35.5. The number of benzene rings is 1. The number of amides is 2. The van der Waals surface area contributed by atoms with Crippen molar-refractivity contribution in [1.29, 1.82) is 0 Å². The van der Waals surface area contributed by atoms with Crippen molar-refractivity contribution in [1.82, 2.24) is 0 Å². The van der Waals surface area contributed by atoms with E-state index in [1.165, 1.54) is 6.26 Å². The highest BCUT2D eigenvalue weighted by Gasteiger charge is 2.24. The topological polar surface area (TPSA) is 67.9 Å². The van der Waals surface area contributed by atoms with Gasteiger partial charge in [-0.05, 0) is 24.6 Å². The summed E-state index contributed by atoms with van der Waals surface area (Å²) < 4.78 is 10.2. The van der Waals surface area contributed by atoms with Crippen LogP contribution < -0.4 is 10.2 Å². The van der Waals surface area contributed by atoms with Crippen LogP contribution in [0.4, 0.5) is 11.4 Å². The molecule has 1 aromatic carbocycles. The molecule has 7 heteroatoms. The van der Waals surface area contributed by atoms with Crippen LogP contribution in [0.15, 0.2) is 30.2 Å². The molecule has 0 atom stereocenters. The average molecular weight is 323 g/mol. The van der Waals surface area contributed by atoms with Crippen LogP contribution in [0.2, 0.25) is 5.02 Å². The van der Waals surface area contributed by atoms with Gasteiger partial charge in [0.2, 0.25) is 11.7 Å². The molecule has 2 amide bonds. The van der Waals surface area contributed by atoms with Crippen molar-refractivity contribution in [3.05, 3.63) is 35.2 Å². The van der Waals surface area contributed by atoms with Crippen LogP contribution in [-0.4, -0.2) is 31.6 Å². The van der Waals surface area contributed by atoms with E-state index in [-0.39, 0.29) is 11.7 Å². The Hall–Kier alpha value is -2.21. The largest absolute Gasteiger partial charge is 0.494 e. The lowest BCUT2D eigenvalue weighted by Gasteiger charge is -2.18. The quantitative estimate of drug-likeness (QED) is 0.927. The van der Waals surface area contributed by atoms with Gasteiger partial charge in [-0.1, -0.05) is 11.6 Å².